The lowest BCUT2D eigenvalue weighted by molar-refractivity contribution is -0.00830. The van der Waals surface area contributed by atoms with E-state index in [0.717, 1.165) is 42.4 Å². The van der Waals surface area contributed by atoms with Crippen LogP contribution >= 0.6 is 0 Å². The van der Waals surface area contributed by atoms with Crippen molar-refractivity contribution in [3.63, 3.8) is 0 Å². The second-order valence-electron chi connectivity index (χ2n) is 6.44. The molecule has 0 aliphatic carbocycles. The van der Waals surface area contributed by atoms with Crippen LogP contribution in [0.1, 0.15) is 18.7 Å². The SMILES string of the molecule is CN1CCC(OCc2nc(-c3cc(N)nc4ccccc34)no2)CC1. The van der Waals surface area contributed by atoms with Gasteiger partial charge in [-0.25, -0.2) is 4.98 Å². The fourth-order valence-electron chi connectivity index (χ4n) is 3.14. The number of piperidine rings is 1. The van der Waals surface area contributed by atoms with Crippen molar-refractivity contribution in [3.8, 4) is 11.4 Å². The summed E-state index contributed by atoms with van der Waals surface area (Å²) in [7, 11) is 2.13. The number of likely N-dealkylation sites (tertiary alicyclic amines) is 1. The second kappa shape index (κ2) is 6.78. The molecule has 3 heterocycles. The standard InChI is InChI=1S/C18H21N5O2/c1-23-8-6-12(7-9-23)24-11-17-21-18(22-25-17)14-10-16(19)20-15-5-3-2-4-13(14)15/h2-5,10,12H,6-9,11H2,1H3,(H2,19,20). The van der Waals surface area contributed by atoms with E-state index in [4.69, 9.17) is 15.0 Å². The third kappa shape index (κ3) is 3.47. The first kappa shape index (κ1) is 16.0. The summed E-state index contributed by atoms with van der Waals surface area (Å²) < 4.78 is 11.3. The molecule has 1 aromatic carbocycles. The van der Waals surface area contributed by atoms with Crippen molar-refractivity contribution in [2.24, 2.45) is 0 Å². The Hall–Kier alpha value is -2.51. The van der Waals surface area contributed by atoms with E-state index in [9.17, 15) is 0 Å². The van der Waals surface area contributed by atoms with Crippen molar-refractivity contribution >= 4 is 16.7 Å². The summed E-state index contributed by atoms with van der Waals surface area (Å²) in [6, 6.07) is 9.54. The van der Waals surface area contributed by atoms with Crippen LogP contribution in [-0.4, -0.2) is 46.3 Å². The molecule has 0 spiro atoms. The van der Waals surface area contributed by atoms with Gasteiger partial charge in [0.2, 0.25) is 5.82 Å². The van der Waals surface area contributed by atoms with Crippen LogP contribution in [0.3, 0.4) is 0 Å². The van der Waals surface area contributed by atoms with E-state index in [1.807, 2.05) is 24.3 Å². The Morgan fingerprint density at radius 3 is 2.88 bits per heavy atom. The third-order valence-corrected chi connectivity index (χ3v) is 4.55. The molecule has 4 rings (SSSR count). The van der Waals surface area contributed by atoms with E-state index in [0.29, 0.717) is 24.1 Å². The highest BCUT2D eigenvalue weighted by Crippen LogP contribution is 2.27. The first-order valence-electron chi connectivity index (χ1n) is 8.47. The van der Waals surface area contributed by atoms with Gasteiger partial charge in [-0.2, -0.15) is 4.98 Å². The van der Waals surface area contributed by atoms with Crippen LogP contribution in [0.4, 0.5) is 5.82 Å². The molecule has 1 saturated heterocycles. The Morgan fingerprint density at radius 2 is 2.04 bits per heavy atom. The Bertz CT molecular complexity index is 871. The Balaban J connectivity index is 1.52. The fraction of sp³-hybridized carbons (Fsp3) is 0.389. The van der Waals surface area contributed by atoms with Crippen LogP contribution in [0.5, 0.6) is 0 Å². The number of anilines is 1. The predicted octanol–water partition coefficient (Wildman–Crippen LogP) is 2.48. The van der Waals surface area contributed by atoms with E-state index in [-0.39, 0.29) is 6.10 Å². The monoisotopic (exact) mass is 339 g/mol. The number of benzene rings is 1. The first-order chi connectivity index (χ1) is 12.2. The van der Waals surface area contributed by atoms with Gasteiger partial charge >= 0.3 is 0 Å². The lowest BCUT2D eigenvalue weighted by Gasteiger charge is -2.28. The maximum absolute atomic E-state index is 5.92. The minimum Gasteiger partial charge on any atom is -0.384 e. The quantitative estimate of drug-likeness (QED) is 0.781. The fourth-order valence-corrected chi connectivity index (χ4v) is 3.14. The molecule has 7 heteroatoms. The van der Waals surface area contributed by atoms with Crippen LogP contribution in [0, 0.1) is 0 Å². The highest BCUT2D eigenvalue weighted by Gasteiger charge is 2.19. The van der Waals surface area contributed by atoms with Crippen molar-refractivity contribution in [1.82, 2.24) is 20.0 Å². The molecule has 25 heavy (non-hydrogen) atoms. The van der Waals surface area contributed by atoms with Gasteiger partial charge in [-0.05, 0) is 32.0 Å². The molecule has 130 valence electrons. The molecule has 2 N–H and O–H groups in total. The highest BCUT2D eigenvalue weighted by molar-refractivity contribution is 5.94. The molecule has 0 saturated carbocycles. The molecule has 0 bridgehead atoms. The highest BCUT2D eigenvalue weighted by atomic mass is 16.5. The number of hydrogen-bond acceptors (Lipinski definition) is 7. The molecule has 2 aromatic heterocycles. The number of ether oxygens (including phenoxy) is 1. The molecular weight excluding hydrogens is 318 g/mol. The number of rotatable bonds is 4. The van der Waals surface area contributed by atoms with Crippen molar-refractivity contribution in [3.05, 3.63) is 36.2 Å². The van der Waals surface area contributed by atoms with Crippen LogP contribution in [0.2, 0.25) is 0 Å². The van der Waals surface area contributed by atoms with E-state index < -0.39 is 0 Å². The number of hydrogen-bond donors (Lipinski definition) is 1. The molecule has 0 radical (unpaired) electrons. The normalized spacial score (nSPS) is 16.5. The summed E-state index contributed by atoms with van der Waals surface area (Å²) in [5.74, 6) is 1.42. The number of nitrogens with zero attached hydrogens (tertiary/aromatic N) is 4. The third-order valence-electron chi connectivity index (χ3n) is 4.55. The molecule has 1 aliphatic rings. The molecule has 3 aromatic rings. The minimum atomic E-state index is 0.254. The number of para-hydroxylation sites is 1. The van der Waals surface area contributed by atoms with Gasteiger partial charge in [-0.15, -0.1) is 0 Å². The second-order valence-corrected chi connectivity index (χ2v) is 6.44. The van der Waals surface area contributed by atoms with Gasteiger partial charge < -0.3 is 19.9 Å². The average molecular weight is 339 g/mol. The largest absolute Gasteiger partial charge is 0.384 e. The molecular formula is C18H21N5O2. The van der Waals surface area contributed by atoms with Gasteiger partial charge in [-0.3, -0.25) is 0 Å². The Labute approximate surface area is 145 Å². The minimum absolute atomic E-state index is 0.254. The molecule has 7 nitrogen and oxygen atoms in total. The van der Waals surface area contributed by atoms with Crippen LogP contribution in [0.25, 0.3) is 22.3 Å². The lowest BCUT2D eigenvalue weighted by Crippen LogP contribution is -2.34. The van der Waals surface area contributed by atoms with Gasteiger partial charge in [-0.1, -0.05) is 23.4 Å². The summed E-state index contributed by atoms with van der Waals surface area (Å²) in [5.41, 5.74) is 7.54. The van der Waals surface area contributed by atoms with Crippen molar-refractivity contribution in [2.45, 2.75) is 25.6 Å². The first-order valence-corrected chi connectivity index (χ1v) is 8.47. The number of pyridine rings is 1. The van der Waals surface area contributed by atoms with Crippen LogP contribution in [-0.2, 0) is 11.3 Å². The Morgan fingerprint density at radius 1 is 1.24 bits per heavy atom. The van der Waals surface area contributed by atoms with Crippen molar-refractivity contribution in [1.29, 1.82) is 0 Å². The zero-order valence-corrected chi connectivity index (χ0v) is 14.2. The van der Waals surface area contributed by atoms with E-state index in [2.05, 4.69) is 27.1 Å². The van der Waals surface area contributed by atoms with Gasteiger partial charge in [0.1, 0.15) is 12.4 Å². The average Bonchev–Trinajstić information content (AvgIpc) is 3.09. The topological polar surface area (TPSA) is 90.3 Å². The molecule has 1 fully saturated rings. The maximum atomic E-state index is 5.92. The molecule has 0 unspecified atom stereocenters. The number of aromatic nitrogens is 3. The van der Waals surface area contributed by atoms with Gasteiger partial charge in [0, 0.05) is 24.0 Å². The zero-order chi connectivity index (χ0) is 17.2. The number of fused-ring (bicyclic) bond motifs is 1. The van der Waals surface area contributed by atoms with Gasteiger partial charge in [0.25, 0.3) is 5.89 Å². The van der Waals surface area contributed by atoms with E-state index >= 15 is 0 Å². The smallest absolute Gasteiger partial charge is 0.252 e. The molecule has 1 aliphatic heterocycles. The molecule has 0 amide bonds. The molecule has 0 atom stereocenters. The van der Waals surface area contributed by atoms with Crippen LogP contribution < -0.4 is 5.73 Å². The lowest BCUT2D eigenvalue weighted by atomic mass is 10.1. The van der Waals surface area contributed by atoms with Gasteiger partial charge in [0.05, 0.1) is 11.6 Å². The summed E-state index contributed by atoms with van der Waals surface area (Å²) in [4.78, 5) is 11.1. The zero-order valence-electron chi connectivity index (χ0n) is 14.2. The number of nitrogen functional groups attached to an aromatic ring is 1. The van der Waals surface area contributed by atoms with E-state index in [1.54, 1.807) is 6.07 Å². The summed E-state index contributed by atoms with van der Waals surface area (Å²) >= 11 is 0. The van der Waals surface area contributed by atoms with Gasteiger partial charge in [0.15, 0.2) is 0 Å². The Kier molecular flexibility index (Phi) is 4.33. The summed E-state index contributed by atoms with van der Waals surface area (Å²) in [5, 5.41) is 5.04. The van der Waals surface area contributed by atoms with Crippen molar-refractivity contribution < 1.29 is 9.26 Å². The predicted molar refractivity (Wildman–Crippen MR) is 94.8 cm³/mol. The van der Waals surface area contributed by atoms with Crippen LogP contribution in [0.15, 0.2) is 34.9 Å². The summed E-state index contributed by atoms with van der Waals surface area (Å²) in [6.45, 7) is 2.45. The van der Waals surface area contributed by atoms with Crippen molar-refractivity contribution in [2.75, 3.05) is 25.9 Å². The maximum Gasteiger partial charge on any atom is 0.252 e. The number of nitrogens with two attached hydrogens (primary N) is 1. The summed E-state index contributed by atoms with van der Waals surface area (Å²) in [6.07, 6.45) is 2.32. The van der Waals surface area contributed by atoms with E-state index in [1.165, 1.54) is 0 Å².